The molecule has 0 aromatic carbocycles. The van der Waals surface area contributed by atoms with Gasteiger partial charge in [0.1, 0.15) is 4.90 Å². The minimum atomic E-state index is -3.65. The van der Waals surface area contributed by atoms with Crippen molar-refractivity contribution >= 4 is 31.9 Å². The van der Waals surface area contributed by atoms with Crippen molar-refractivity contribution in [3.63, 3.8) is 0 Å². The number of hydrogen-bond acceptors (Lipinski definition) is 5. The van der Waals surface area contributed by atoms with Crippen molar-refractivity contribution in [2.45, 2.75) is 25.2 Å². The van der Waals surface area contributed by atoms with E-state index in [1.54, 1.807) is 42.7 Å². The highest BCUT2D eigenvalue weighted by Crippen LogP contribution is 2.24. The molecular formula is C17H22BrN5O3S. The second-order valence-corrected chi connectivity index (χ2v) is 9.36. The molecule has 0 aliphatic carbocycles. The van der Waals surface area contributed by atoms with Crippen LogP contribution in [0, 0.1) is 13.8 Å². The van der Waals surface area contributed by atoms with Gasteiger partial charge in [-0.15, -0.1) is 0 Å². The largest absolute Gasteiger partial charge is 0.337 e. The van der Waals surface area contributed by atoms with Crippen molar-refractivity contribution in [1.82, 2.24) is 24.0 Å². The second-order valence-electron chi connectivity index (χ2n) is 6.57. The number of nitrogens with zero attached hydrogens (tertiary/aromatic N) is 5. The number of carbonyl (C=O) groups is 1. The molecule has 2 aromatic heterocycles. The van der Waals surface area contributed by atoms with E-state index in [1.165, 1.54) is 10.5 Å². The fraction of sp³-hybridized carbons (Fsp3) is 0.471. The van der Waals surface area contributed by atoms with Crippen molar-refractivity contribution in [2.24, 2.45) is 7.05 Å². The molecule has 1 amide bonds. The number of carbonyl (C=O) groups excluding carboxylic acids is 1. The van der Waals surface area contributed by atoms with E-state index in [4.69, 9.17) is 0 Å². The van der Waals surface area contributed by atoms with Crippen LogP contribution < -0.4 is 0 Å². The lowest BCUT2D eigenvalue weighted by molar-refractivity contribution is 0.0763. The van der Waals surface area contributed by atoms with E-state index in [9.17, 15) is 13.2 Å². The Morgan fingerprint density at radius 2 is 1.89 bits per heavy atom. The van der Waals surface area contributed by atoms with Crippen LogP contribution >= 0.6 is 15.9 Å². The third kappa shape index (κ3) is 3.92. The zero-order valence-corrected chi connectivity index (χ0v) is 17.9. The molecule has 3 rings (SSSR count). The number of halogens is 1. The lowest BCUT2D eigenvalue weighted by atomic mass is 10.2. The van der Waals surface area contributed by atoms with Crippen LogP contribution in [-0.4, -0.2) is 64.5 Å². The zero-order valence-electron chi connectivity index (χ0n) is 15.5. The van der Waals surface area contributed by atoms with Gasteiger partial charge in [0.15, 0.2) is 0 Å². The van der Waals surface area contributed by atoms with Crippen molar-refractivity contribution in [3.8, 4) is 0 Å². The molecule has 0 saturated carbocycles. The quantitative estimate of drug-likeness (QED) is 0.702. The summed E-state index contributed by atoms with van der Waals surface area (Å²) in [7, 11) is -1.92. The first-order chi connectivity index (χ1) is 12.7. The Kier molecular flexibility index (Phi) is 5.68. The standard InChI is InChI=1S/C17H22BrN5O3S/c1-12-16(13(2)21(3)20-12)27(25,26)23-6-4-5-22(7-8-23)17(24)14-9-15(18)11-19-10-14/h9-11H,4-8H2,1-3H3. The summed E-state index contributed by atoms with van der Waals surface area (Å²) in [5.41, 5.74) is 1.59. The molecule has 1 fully saturated rings. The van der Waals surface area contributed by atoms with Gasteiger partial charge >= 0.3 is 0 Å². The van der Waals surface area contributed by atoms with E-state index in [1.807, 2.05) is 0 Å². The Balaban J connectivity index is 1.79. The van der Waals surface area contributed by atoms with Crippen molar-refractivity contribution < 1.29 is 13.2 Å². The molecule has 27 heavy (non-hydrogen) atoms. The second kappa shape index (κ2) is 7.69. The molecule has 2 aromatic rings. The monoisotopic (exact) mass is 455 g/mol. The Morgan fingerprint density at radius 3 is 2.52 bits per heavy atom. The molecule has 1 aliphatic rings. The fourth-order valence-electron chi connectivity index (χ4n) is 3.31. The van der Waals surface area contributed by atoms with Crippen molar-refractivity contribution in [2.75, 3.05) is 26.2 Å². The summed E-state index contributed by atoms with van der Waals surface area (Å²) in [6.07, 6.45) is 3.71. The van der Waals surface area contributed by atoms with Crippen LogP contribution in [0.5, 0.6) is 0 Å². The van der Waals surface area contributed by atoms with Crippen LogP contribution in [0.3, 0.4) is 0 Å². The average molecular weight is 456 g/mol. The number of aryl methyl sites for hydroxylation is 2. The number of amides is 1. The van der Waals surface area contributed by atoms with E-state index < -0.39 is 10.0 Å². The fourth-order valence-corrected chi connectivity index (χ4v) is 5.54. The van der Waals surface area contributed by atoms with Gasteiger partial charge in [-0.2, -0.15) is 9.40 Å². The molecule has 3 heterocycles. The first-order valence-corrected chi connectivity index (χ1v) is 10.9. The summed E-state index contributed by atoms with van der Waals surface area (Å²) in [4.78, 5) is 18.7. The van der Waals surface area contributed by atoms with Crippen molar-refractivity contribution in [1.29, 1.82) is 0 Å². The third-order valence-corrected chi connectivity index (χ3v) is 7.32. The highest BCUT2D eigenvalue weighted by Gasteiger charge is 2.32. The summed E-state index contributed by atoms with van der Waals surface area (Å²) in [5.74, 6) is -0.142. The van der Waals surface area contributed by atoms with Crippen LogP contribution in [0.2, 0.25) is 0 Å². The van der Waals surface area contributed by atoms with Gasteiger partial charge in [-0.25, -0.2) is 8.42 Å². The molecule has 0 bridgehead atoms. The normalized spacial score (nSPS) is 16.4. The van der Waals surface area contributed by atoms with Crippen molar-refractivity contribution in [3.05, 3.63) is 39.9 Å². The molecule has 10 heteroatoms. The lowest BCUT2D eigenvalue weighted by Crippen LogP contribution is -2.37. The Bertz CT molecular complexity index is 973. The van der Waals surface area contributed by atoms with Crippen LogP contribution in [0.1, 0.15) is 28.2 Å². The van der Waals surface area contributed by atoms with E-state index in [0.29, 0.717) is 43.0 Å². The predicted molar refractivity (Wildman–Crippen MR) is 104 cm³/mol. The van der Waals surface area contributed by atoms with Gasteiger partial charge < -0.3 is 4.90 Å². The molecule has 0 N–H and O–H groups in total. The topological polar surface area (TPSA) is 88.4 Å². The highest BCUT2D eigenvalue weighted by atomic mass is 79.9. The Morgan fingerprint density at radius 1 is 1.15 bits per heavy atom. The summed E-state index contributed by atoms with van der Waals surface area (Å²) in [6.45, 7) is 4.92. The summed E-state index contributed by atoms with van der Waals surface area (Å²) in [6, 6.07) is 1.72. The number of sulfonamides is 1. The van der Waals surface area contributed by atoms with Gasteiger partial charge in [-0.1, -0.05) is 0 Å². The lowest BCUT2D eigenvalue weighted by Gasteiger charge is -2.22. The van der Waals surface area contributed by atoms with Gasteiger partial charge in [-0.05, 0) is 42.3 Å². The van der Waals surface area contributed by atoms with E-state index >= 15 is 0 Å². The van der Waals surface area contributed by atoms with Gasteiger partial charge in [0, 0.05) is 50.1 Å². The smallest absolute Gasteiger partial charge is 0.255 e. The van der Waals surface area contributed by atoms with Gasteiger partial charge in [0.05, 0.1) is 17.0 Å². The maximum Gasteiger partial charge on any atom is 0.255 e. The minimum Gasteiger partial charge on any atom is -0.337 e. The molecule has 0 spiro atoms. The molecule has 1 saturated heterocycles. The summed E-state index contributed by atoms with van der Waals surface area (Å²) in [5, 5.41) is 4.22. The highest BCUT2D eigenvalue weighted by molar-refractivity contribution is 9.10. The first-order valence-electron chi connectivity index (χ1n) is 8.62. The predicted octanol–water partition coefficient (Wildman–Crippen LogP) is 1.73. The summed E-state index contributed by atoms with van der Waals surface area (Å²) >= 11 is 3.32. The minimum absolute atomic E-state index is 0.142. The molecular weight excluding hydrogens is 434 g/mol. The number of hydrogen-bond donors (Lipinski definition) is 0. The molecule has 146 valence electrons. The molecule has 0 radical (unpaired) electrons. The van der Waals surface area contributed by atoms with Crippen LogP contribution in [-0.2, 0) is 17.1 Å². The van der Waals surface area contributed by atoms with Gasteiger partial charge in [-0.3, -0.25) is 14.5 Å². The third-order valence-electron chi connectivity index (χ3n) is 4.73. The Labute approximate surface area is 167 Å². The maximum atomic E-state index is 13.1. The number of rotatable bonds is 3. The van der Waals surface area contributed by atoms with Gasteiger partial charge in [0.25, 0.3) is 5.91 Å². The van der Waals surface area contributed by atoms with Gasteiger partial charge in [0.2, 0.25) is 10.0 Å². The molecule has 0 unspecified atom stereocenters. The van der Waals surface area contributed by atoms with E-state index in [-0.39, 0.29) is 17.3 Å². The van der Waals surface area contributed by atoms with E-state index in [0.717, 1.165) is 4.47 Å². The first kappa shape index (κ1) is 20.0. The zero-order chi connectivity index (χ0) is 19.8. The molecule has 0 atom stereocenters. The maximum absolute atomic E-state index is 13.1. The van der Waals surface area contributed by atoms with Crippen LogP contribution in [0.25, 0.3) is 0 Å². The van der Waals surface area contributed by atoms with Crippen LogP contribution in [0.4, 0.5) is 0 Å². The average Bonchev–Trinajstić information content (AvgIpc) is 2.80. The molecule has 8 nitrogen and oxygen atoms in total. The number of aromatic nitrogens is 3. The molecule has 1 aliphatic heterocycles. The Hall–Kier alpha value is -1.78. The van der Waals surface area contributed by atoms with E-state index in [2.05, 4.69) is 26.0 Å². The summed E-state index contributed by atoms with van der Waals surface area (Å²) < 4.78 is 30.0. The SMILES string of the molecule is Cc1nn(C)c(C)c1S(=O)(=O)N1CCCN(C(=O)c2cncc(Br)c2)CC1. The van der Waals surface area contributed by atoms with Crippen LogP contribution in [0.15, 0.2) is 27.8 Å². The number of pyridine rings is 1.